The molecule has 3 rings (SSSR count). The molecule has 1 amide bonds. The smallest absolute Gasteiger partial charge is 0.227 e. The normalized spacial score (nSPS) is 10.6. The Morgan fingerprint density at radius 1 is 1.08 bits per heavy atom. The van der Waals surface area contributed by atoms with Crippen LogP contribution in [0, 0.1) is 0 Å². The van der Waals surface area contributed by atoms with Crippen molar-refractivity contribution < 1.29 is 4.79 Å². The largest absolute Gasteiger partial charge is 0.341 e. The molecule has 0 N–H and O–H groups in total. The summed E-state index contributed by atoms with van der Waals surface area (Å²) in [6.07, 6.45) is 3.96. The van der Waals surface area contributed by atoms with Crippen molar-refractivity contribution in [3.63, 3.8) is 0 Å². The van der Waals surface area contributed by atoms with Gasteiger partial charge in [0.2, 0.25) is 5.91 Å². The average Bonchev–Trinajstić information content (AvgIpc) is 3.06. The van der Waals surface area contributed by atoms with Crippen molar-refractivity contribution in [3.05, 3.63) is 83.1 Å². The second kappa shape index (κ2) is 7.32. The SMILES string of the molecule is CN(Cc1ccc(Cl)cc1)C(=O)Cc1cnn(-c2ccccc2)c1. The summed E-state index contributed by atoms with van der Waals surface area (Å²) in [6.45, 7) is 0.558. The van der Waals surface area contributed by atoms with Crippen LogP contribution in [-0.4, -0.2) is 27.6 Å². The summed E-state index contributed by atoms with van der Waals surface area (Å²) in [5.41, 5.74) is 2.92. The van der Waals surface area contributed by atoms with Crippen LogP contribution in [0.4, 0.5) is 0 Å². The first-order chi connectivity index (χ1) is 11.6. The molecule has 4 nitrogen and oxygen atoms in total. The van der Waals surface area contributed by atoms with Crippen LogP contribution in [-0.2, 0) is 17.8 Å². The Labute approximate surface area is 146 Å². The first-order valence-corrected chi connectivity index (χ1v) is 8.07. The van der Waals surface area contributed by atoms with Crippen molar-refractivity contribution in [2.75, 3.05) is 7.05 Å². The maximum Gasteiger partial charge on any atom is 0.227 e. The fourth-order valence-electron chi connectivity index (χ4n) is 2.43. The van der Waals surface area contributed by atoms with E-state index in [1.807, 2.05) is 60.8 Å². The number of nitrogens with zero attached hydrogens (tertiary/aromatic N) is 3. The van der Waals surface area contributed by atoms with E-state index in [9.17, 15) is 4.79 Å². The number of likely N-dealkylation sites (N-methyl/N-ethyl adjacent to an activating group) is 1. The lowest BCUT2D eigenvalue weighted by atomic mass is 10.2. The molecule has 0 aliphatic carbocycles. The summed E-state index contributed by atoms with van der Waals surface area (Å²) >= 11 is 5.88. The molecule has 0 aliphatic rings. The third-order valence-electron chi connectivity index (χ3n) is 3.77. The lowest BCUT2D eigenvalue weighted by molar-refractivity contribution is -0.129. The quantitative estimate of drug-likeness (QED) is 0.710. The zero-order chi connectivity index (χ0) is 16.9. The number of para-hydroxylation sites is 1. The number of carbonyl (C=O) groups excluding carboxylic acids is 1. The molecule has 0 fully saturated rings. The van der Waals surface area contributed by atoms with E-state index < -0.39 is 0 Å². The first kappa shape index (κ1) is 16.3. The van der Waals surface area contributed by atoms with Crippen molar-refractivity contribution in [1.82, 2.24) is 14.7 Å². The predicted molar refractivity (Wildman–Crippen MR) is 95.2 cm³/mol. The van der Waals surface area contributed by atoms with E-state index in [-0.39, 0.29) is 5.91 Å². The molecule has 0 saturated carbocycles. The molecule has 0 radical (unpaired) electrons. The Balaban J connectivity index is 1.62. The van der Waals surface area contributed by atoms with Gasteiger partial charge in [0.15, 0.2) is 0 Å². The summed E-state index contributed by atoms with van der Waals surface area (Å²) in [5, 5.41) is 5.02. The van der Waals surface area contributed by atoms with Gasteiger partial charge in [-0.05, 0) is 35.4 Å². The number of hydrogen-bond acceptors (Lipinski definition) is 2. The number of amides is 1. The highest BCUT2D eigenvalue weighted by Crippen LogP contribution is 2.12. The molecule has 0 bridgehead atoms. The van der Waals surface area contributed by atoms with Crippen LogP contribution in [0.1, 0.15) is 11.1 Å². The highest BCUT2D eigenvalue weighted by Gasteiger charge is 2.12. The van der Waals surface area contributed by atoms with Gasteiger partial charge in [-0.1, -0.05) is 41.9 Å². The Morgan fingerprint density at radius 2 is 1.79 bits per heavy atom. The van der Waals surface area contributed by atoms with E-state index in [4.69, 9.17) is 11.6 Å². The van der Waals surface area contributed by atoms with Gasteiger partial charge in [0.25, 0.3) is 0 Å². The lowest BCUT2D eigenvalue weighted by Crippen LogP contribution is -2.27. The molecule has 0 aliphatic heterocycles. The minimum atomic E-state index is 0.0533. The van der Waals surface area contributed by atoms with Gasteiger partial charge >= 0.3 is 0 Å². The van der Waals surface area contributed by atoms with Gasteiger partial charge < -0.3 is 4.90 Å². The Bertz CT molecular complexity index is 812. The third-order valence-corrected chi connectivity index (χ3v) is 4.02. The molecule has 24 heavy (non-hydrogen) atoms. The number of aromatic nitrogens is 2. The van der Waals surface area contributed by atoms with Gasteiger partial charge in [-0.2, -0.15) is 5.10 Å². The van der Waals surface area contributed by atoms with Crippen LogP contribution in [0.25, 0.3) is 5.69 Å². The standard InChI is InChI=1S/C19H18ClN3O/c1-22(13-15-7-9-17(20)10-8-15)19(24)11-16-12-21-23(14-16)18-5-3-2-4-6-18/h2-10,12,14H,11,13H2,1H3. The van der Waals surface area contributed by atoms with Gasteiger partial charge in [0, 0.05) is 24.8 Å². The fraction of sp³-hybridized carbons (Fsp3) is 0.158. The maximum atomic E-state index is 12.4. The van der Waals surface area contributed by atoms with E-state index in [1.165, 1.54) is 0 Å². The van der Waals surface area contributed by atoms with Gasteiger partial charge in [0.05, 0.1) is 18.3 Å². The lowest BCUT2D eigenvalue weighted by Gasteiger charge is -2.17. The van der Waals surface area contributed by atoms with Crippen molar-refractivity contribution in [2.45, 2.75) is 13.0 Å². The molecule has 3 aromatic rings. The van der Waals surface area contributed by atoms with Crippen LogP contribution in [0.5, 0.6) is 0 Å². The number of halogens is 1. The van der Waals surface area contributed by atoms with Gasteiger partial charge in [0.1, 0.15) is 0 Å². The summed E-state index contributed by atoms with van der Waals surface area (Å²) in [5.74, 6) is 0.0533. The molecule has 2 aromatic carbocycles. The zero-order valence-electron chi connectivity index (χ0n) is 13.4. The van der Waals surface area contributed by atoms with Crippen LogP contribution in [0.2, 0.25) is 5.02 Å². The molecular formula is C19H18ClN3O. The summed E-state index contributed by atoms with van der Waals surface area (Å²) in [7, 11) is 1.80. The minimum absolute atomic E-state index is 0.0533. The molecule has 0 saturated heterocycles. The second-order valence-corrected chi connectivity index (χ2v) is 6.12. The van der Waals surface area contributed by atoms with Crippen molar-refractivity contribution in [1.29, 1.82) is 0 Å². The van der Waals surface area contributed by atoms with Gasteiger partial charge in [-0.15, -0.1) is 0 Å². The first-order valence-electron chi connectivity index (χ1n) is 7.69. The molecule has 5 heteroatoms. The molecule has 0 atom stereocenters. The van der Waals surface area contributed by atoms with Crippen LogP contribution < -0.4 is 0 Å². The van der Waals surface area contributed by atoms with Crippen LogP contribution in [0.15, 0.2) is 67.0 Å². The predicted octanol–water partition coefficient (Wildman–Crippen LogP) is 3.73. The molecule has 1 heterocycles. The van der Waals surface area contributed by atoms with Crippen molar-refractivity contribution in [3.8, 4) is 5.69 Å². The number of hydrogen-bond donors (Lipinski definition) is 0. The topological polar surface area (TPSA) is 38.1 Å². The fourth-order valence-corrected chi connectivity index (χ4v) is 2.56. The van der Waals surface area contributed by atoms with Gasteiger partial charge in [-0.25, -0.2) is 4.68 Å². The molecule has 122 valence electrons. The highest BCUT2D eigenvalue weighted by molar-refractivity contribution is 6.30. The third kappa shape index (κ3) is 4.03. The van der Waals surface area contributed by atoms with E-state index in [0.29, 0.717) is 18.0 Å². The van der Waals surface area contributed by atoms with Crippen LogP contribution in [0.3, 0.4) is 0 Å². The Hall–Kier alpha value is -2.59. The number of rotatable bonds is 5. The number of carbonyl (C=O) groups is 1. The average molecular weight is 340 g/mol. The number of benzene rings is 2. The van der Waals surface area contributed by atoms with E-state index in [1.54, 1.807) is 22.8 Å². The summed E-state index contributed by atoms with van der Waals surface area (Å²) in [4.78, 5) is 14.1. The van der Waals surface area contributed by atoms with E-state index >= 15 is 0 Å². The zero-order valence-corrected chi connectivity index (χ0v) is 14.1. The van der Waals surface area contributed by atoms with Crippen LogP contribution >= 0.6 is 11.6 Å². The monoisotopic (exact) mass is 339 g/mol. The molecule has 1 aromatic heterocycles. The molecule has 0 unspecified atom stereocenters. The minimum Gasteiger partial charge on any atom is -0.341 e. The van der Waals surface area contributed by atoms with Crippen molar-refractivity contribution >= 4 is 17.5 Å². The summed E-state index contributed by atoms with van der Waals surface area (Å²) in [6, 6.07) is 17.4. The van der Waals surface area contributed by atoms with Crippen molar-refractivity contribution in [2.24, 2.45) is 0 Å². The summed E-state index contributed by atoms with van der Waals surface area (Å²) < 4.78 is 1.78. The van der Waals surface area contributed by atoms with E-state index in [0.717, 1.165) is 16.8 Å². The van der Waals surface area contributed by atoms with E-state index in [2.05, 4.69) is 5.10 Å². The maximum absolute atomic E-state index is 12.4. The Kier molecular flexibility index (Phi) is 4.96. The van der Waals surface area contributed by atoms with Gasteiger partial charge in [-0.3, -0.25) is 4.79 Å². The Morgan fingerprint density at radius 3 is 2.50 bits per heavy atom. The molecular weight excluding hydrogens is 322 g/mol. The highest BCUT2D eigenvalue weighted by atomic mass is 35.5. The molecule has 0 spiro atoms. The second-order valence-electron chi connectivity index (χ2n) is 5.68.